The molecule has 0 spiro atoms. The van der Waals surface area contributed by atoms with Gasteiger partial charge in [-0.3, -0.25) is 20.2 Å². The molecule has 136 valence electrons. The first-order valence-corrected chi connectivity index (χ1v) is 8.35. The van der Waals surface area contributed by atoms with Crippen LogP contribution in [0.4, 0.5) is 11.4 Å². The quantitative estimate of drug-likeness (QED) is 0.637. The SMILES string of the molecule is N[C@@]1(c2ccc([N+](=O)[O-])cc2)CCCC[C@@]1(N)c1ccc([N+](=O)[O-])cc1. The topological polar surface area (TPSA) is 138 Å². The molecule has 4 N–H and O–H groups in total. The number of nitro benzene ring substituents is 2. The molecule has 8 nitrogen and oxygen atoms in total. The van der Waals surface area contributed by atoms with E-state index in [9.17, 15) is 20.2 Å². The number of hydrogen-bond donors (Lipinski definition) is 2. The molecule has 26 heavy (non-hydrogen) atoms. The Morgan fingerprint density at radius 1 is 0.692 bits per heavy atom. The minimum absolute atomic E-state index is 0.00823. The van der Waals surface area contributed by atoms with Crippen LogP contribution in [0.5, 0.6) is 0 Å². The van der Waals surface area contributed by atoms with Crippen LogP contribution < -0.4 is 11.5 Å². The number of nitrogens with two attached hydrogens (primary N) is 2. The minimum atomic E-state index is -0.920. The van der Waals surface area contributed by atoms with Crippen LogP contribution in [0.15, 0.2) is 48.5 Å². The Morgan fingerprint density at radius 3 is 1.27 bits per heavy atom. The van der Waals surface area contributed by atoms with E-state index in [1.807, 2.05) is 0 Å². The second kappa shape index (κ2) is 6.47. The highest BCUT2D eigenvalue weighted by molar-refractivity contribution is 5.44. The summed E-state index contributed by atoms with van der Waals surface area (Å²) in [6.45, 7) is 0. The van der Waals surface area contributed by atoms with Gasteiger partial charge in [0.05, 0.1) is 20.9 Å². The Morgan fingerprint density at radius 2 is 1.00 bits per heavy atom. The third kappa shape index (κ3) is 2.83. The maximum atomic E-state index is 10.9. The van der Waals surface area contributed by atoms with Gasteiger partial charge >= 0.3 is 0 Å². The summed E-state index contributed by atoms with van der Waals surface area (Å²) in [6.07, 6.45) is 3.02. The number of nitrogens with zero attached hydrogens (tertiary/aromatic N) is 2. The van der Waals surface area contributed by atoms with Crippen LogP contribution in [0.2, 0.25) is 0 Å². The zero-order chi connectivity index (χ0) is 18.9. The highest BCUT2D eigenvalue weighted by atomic mass is 16.6. The summed E-state index contributed by atoms with van der Waals surface area (Å²) < 4.78 is 0. The highest BCUT2D eigenvalue weighted by Crippen LogP contribution is 2.47. The molecule has 0 aliphatic heterocycles. The first-order valence-electron chi connectivity index (χ1n) is 8.35. The smallest absolute Gasteiger partial charge is 0.269 e. The van der Waals surface area contributed by atoms with Crippen molar-refractivity contribution < 1.29 is 9.85 Å². The van der Waals surface area contributed by atoms with Crippen LogP contribution in [0, 0.1) is 20.2 Å². The Labute approximate surface area is 150 Å². The molecule has 0 amide bonds. The molecular weight excluding hydrogens is 336 g/mol. The van der Waals surface area contributed by atoms with E-state index in [2.05, 4.69) is 0 Å². The van der Waals surface area contributed by atoms with Crippen molar-refractivity contribution in [1.82, 2.24) is 0 Å². The zero-order valence-electron chi connectivity index (χ0n) is 14.1. The molecule has 8 heteroatoms. The fourth-order valence-corrected chi connectivity index (χ4v) is 3.82. The zero-order valence-corrected chi connectivity index (χ0v) is 14.1. The Kier molecular flexibility index (Phi) is 4.47. The van der Waals surface area contributed by atoms with Gasteiger partial charge in [0.1, 0.15) is 0 Å². The van der Waals surface area contributed by atoms with Crippen molar-refractivity contribution >= 4 is 11.4 Å². The van der Waals surface area contributed by atoms with E-state index in [1.165, 1.54) is 24.3 Å². The monoisotopic (exact) mass is 356 g/mol. The second-order valence-corrected chi connectivity index (χ2v) is 6.76. The van der Waals surface area contributed by atoms with E-state index in [-0.39, 0.29) is 11.4 Å². The van der Waals surface area contributed by atoms with Crippen molar-refractivity contribution in [1.29, 1.82) is 0 Å². The van der Waals surface area contributed by atoms with Crippen LogP contribution in [-0.4, -0.2) is 9.85 Å². The van der Waals surface area contributed by atoms with Gasteiger partial charge < -0.3 is 11.5 Å². The third-order valence-corrected chi connectivity index (χ3v) is 5.37. The van der Waals surface area contributed by atoms with Crippen molar-refractivity contribution in [2.24, 2.45) is 11.5 Å². The molecule has 1 aliphatic carbocycles. The van der Waals surface area contributed by atoms with Gasteiger partial charge in [0, 0.05) is 24.3 Å². The van der Waals surface area contributed by atoms with E-state index in [0.717, 1.165) is 24.0 Å². The molecule has 0 bridgehead atoms. The molecule has 0 radical (unpaired) electrons. The maximum absolute atomic E-state index is 10.9. The molecule has 3 rings (SSSR count). The van der Waals surface area contributed by atoms with Crippen LogP contribution in [0.3, 0.4) is 0 Å². The summed E-state index contributed by atoms with van der Waals surface area (Å²) in [7, 11) is 0. The lowest BCUT2D eigenvalue weighted by molar-refractivity contribution is -0.385. The number of benzene rings is 2. The minimum Gasteiger partial charge on any atom is -0.320 e. The molecule has 1 saturated carbocycles. The summed E-state index contributed by atoms with van der Waals surface area (Å²) in [4.78, 5) is 20.9. The van der Waals surface area contributed by atoms with Crippen molar-refractivity contribution in [3.63, 3.8) is 0 Å². The van der Waals surface area contributed by atoms with Crippen molar-refractivity contribution in [3.8, 4) is 0 Å². The summed E-state index contributed by atoms with van der Waals surface area (Å²) in [6, 6.07) is 12.3. The molecular formula is C18H20N4O4. The van der Waals surface area contributed by atoms with Crippen molar-refractivity contribution in [3.05, 3.63) is 79.9 Å². The lowest BCUT2D eigenvalue weighted by atomic mass is 9.62. The van der Waals surface area contributed by atoms with E-state index in [4.69, 9.17) is 11.5 Å². The Hall–Kier alpha value is -2.84. The van der Waals surface area contributed by atoms with Gasteiger partial charge in [-0.15, -0.1) is 0 Å². The normalized spacial score (nSPS) is 25.6. The number of nitro groups is 2. The first kappa shape index (κ1) is 18.0. The number of rotatable bonds is 4. The molecule has 0 saturated heterocycles. The fourth-order valence-electron chi connectivity index (χ4n) is 3.82. The fraction of sp³-hybridized carbons (Fsp3) is 0.333. The summed E-state index contributed by atoms with van der Waals surface area (Å²) >= 11 is 0. The predicted octanol–water partition coefficient (Wildman–Crippen LogP) is 3.09. The van der Waals surface area contributed by atoms with Gasteiger partial charge in [-0.25, -0.2) is 0 Å². The van der Waals surface area contributed by atoms with E-state index in [0.29, 0.717) is 12.8 Å². The molecule has 2 atom stereocenters. The van der Waals surface area contributed by atoms with Gasteiger partial charge in [0.2, 0.25) is 0 Å². The largest absolute Gasteiger partial charge is 0.320 e. The van der Waals surface area contributed by atoms with Crippen LogP contribution in [0.25, 0.3) is 0 Å². The number of hydrogen-bond acceptors (Lipinski definition) is 6. The average molecular weight is 356 g/mol. The van der Waals surface area contributed by atoms with Crippen LogP contribution in [0.1, 0.15) is 36.8 Å². The molecule has 2 aromatic carbocycles. The molecule has 0 aromatic heterocycles. The second-order valence-electron chi connectivity index (χ2n) is 6.76. The molecule has 0 unspecified atom stereocenters. The standard InChI is InChI=1S/C18H20N4O4/c19-17(13-3-7-15(8-4-13)21(23)24)11-1-2-12-18(17,20)14-5-9-16(10-6-14)22(25)26/h3-10H,1-2,11-12,19-20H2/t17-,18-/m1/s1. The van der Waals surface area contributed by atoms with Gasteiger partial charge in [-0.05, 0) is 24.0 Å². The van der Waals surface area contributed by atoms with Crippen LogP contribution in [-0.2, 0) is 11.1 Å². The molecule has 0 heterocycles. The Balaban J connectivity index is 2.05. The summed E-state index contributed by atoms with van der Waals surface area (Å²) in [5.74, 6) is 0. The van der Waals surface area contributed by atoms with Gasteiger partial charge in [-0.2, -0.15) is 0 Å². The first-order chi connectivity index (χ1) is 12.3. The highest BCUT2D eigenvalue weighted by Gasteiger charge is 2.50. The van der Waals surface area contributed by atoms with Gasteiger partial charge in [0.25, 0.3) is 11.4 Å². The van der Waals surface area contributed by atoms with Gasteiger partial charge in [0.15, 0.2) is 0 Å². The van der Waals surface area contributed by atoms with E-state index < -0.39 is 20.9 Å². The Bertz CT molecular complexity index is 766. The van der Waals surface area contributed by atoms with Crippen molar-refractivity contribution in [2.45, 2.75) is 36.8 Å². The van der Waals surface area contributed by atoms with Crippen LogP contribution >= 0.6 is 0 Å². The van der Waals surface area contributed by atoms with E-state index in [1.54, 1.807) is 24.3 Å². The summed E-state index contributed by atoms with van der Waals surface area (Å²) in [5, 5.41) is 21.8. The average Bonchev–Trinajstić information content (AvgIpc) is 2.64. The predicted molar refractivity (Wildman–Crippen MR) is 96.4 cm³/mol. The third-order valence-electron chi connectivity index (χ3n) is 5.37. The summed E-state index contributed by atoms with van der Waals surface area (Å²) in [5.41, 5.74) is 13.2. The lowest BCUT2D eigenvalue weighted by Crippen LogP contribution is -2.62. The van der Waals surface area contributed by atoms with Gasteiger partial charge in [-0.1, -0.05) is 37.1 Å². The number of non-ortho nitro benzene ring substituents is 2. The maximum Gasteiger partial charge on any atom is 0.269 e. The van der Waals surface area contributed by atoms with Crippen molar-refractivity contribution in [2.75, 3.05) is 0 Å². The molecule has 1 fully saturated rings. The molecule has 2 aromatic rings. The molecule has 1 aliphatic rings. The lowest BCUT2D eigenvalue weighted by Gasteiger charge is -2.50. The van der Waals surface area contributed by atoms with E-state index >= 15 is 0 Å².